The van der Waals surface area contributed by atoms with Crippen LogP contribution in [-0.4, -0.2) is 35.3 Å². The summed E-state index contributed by atoms with van der Waals surface area (Å²) in [7, 11) is 0. The maximum absolute atomic E-state index is 11.5. The maximum atomic E-state index is 11.5. The van der Waals surface area contributed by atoms with Gasteiger partial charge in [0, 0.05) is 18.5 Å². The first kappa shape index (κ1) is 10.5. The first-order valence-electron chi connectivity index (χ1n) is 4.88. The molecular weight excluding hydrogens is 168 g/mol. The summed E-state index contributed by atoms with van der Waals surface area (Å²) < 4.78 is 0. The minimum absolute atomic E-state index is 0.00111. The van der Waals surface area contributed by atoms with E-state index in [-0.39, 0.29) is 11.8 Å². The van der Waals surface area contributed by atoms with Crippen LogP contribution in [0.2, 0.25) is 0 Å². The number of hydrogen-bond acceptors (Lipinski definition) is 3. The van der Waals surface area contributed by atoms with E-state index in [9.17, 15) is 10.0 Å². The molecule has 1 fully saturated rings. The summed E-state index contributed by atoms with van der Waals surface area (Å²) in [6.07, 6.45) is 1.66. The summed E-state index contributed by atoms with van der Waals surface area (Å²) in [5.41, 5.74) is 0. The zero-order valence-electron chi connectivity index (χ0n) is 8.29. The summed E-state index contributed by atoms with van der Waals surface area (Å²) in [5, 5.41) is 13.3. The van der Waals surface area contributed by atoms with Crippen LogP contribution in [0.3, 0.4) is 0 Å². The standard InChI is InChI=1S/C9H18N2O2/c1-3-11(13)9(12)8-4-5-10-7(2)6-8/h7-8,10,13H,3-6H2,1-2H3. The van der Waals surface area contributed by atoms with Crippen LogP contribution in [0, 0.1) is 5.92 Å². The van der Waals surface area contributed by atoms with Crippen LogP contribution in [0.25, 0.3) is 0 Å². The molecule has 0 aromatic heterocycles. The molecular formula is C9H18N2O2. The molecule has 0 bridgehead atoms. The number of carbonyl (C=O) groups excluding carboxylic acids is 1. The summed E-state index contributed by atoms with van der Waals surface area (Å²) in [6, 6.07) is 0.382. The van der Waals surface area contributed by atoms with Crippen LogP contribution < -0.4 is 5.32 Å². The van der Waals surface area contributed by atoms with Crippen molar-refractivity contribution in [3.63, 3.8) is 0 Å². The molecule has 1 aliphatic rings. The molecule has 0 radical (unpaired) electrons. The number of nitrogens with zero attached hydrogens (tertiary/aromatic N) is 1. The van der Waals surface area contributed by atoms with Gasteiger partial charge in [-0.15, -0.1) is 0 Å². The van der Waals surface area contributed by atoms with Gasteiger partial charge in [-0.2, -0.15) is 0 Å². The lowest BCUT2D eigenvalue weighted by Gasteiger charge is -2.28. The van der Waals surface area contributed by atoms with Gasteiger partial charge in [-0.3, -0.25) is 10.0 Å². The van der Waals surface area contributed by atoms with Crippen molar-refractivity contribution in [1.82, 2.24) is 10.4 Å². The molecule has 0 aromatic rings. The molecule has 0 saturated carbocycles. The molecule has 4 heteroatoms. The van der Waals surface area contributed by atoms with Crippen LogP contribution in [0.5, 0.6) is 0 Å². The number of rotatable bonds is 2. The SMILES string of the molecule is CCN(O)C(=O)C1CCNC(C)C1. The molecule has 4 nitrogen and oxygen atoms in total. The number of nitrogens with one attached hydrogen (secondary N) is 1. The Morgan fingerprint density at radius 2 is 2.38 bits per heavy atom. The number of amides is 1. The lowest BCUT2D eigenvalue weighted by Crippen LogP contribution is -2.43. The Morgan fingerprint density at radius 1 is 1.69 bits per heavy atom. The van der Waals surface area contributed by atoms with Crippen molar-refractivity contribution in [2.75, 3.05) is 13.1 Å². The first-order valence-corrected chi connectivity index (χ1v) is 4.88. The van der Waals surface area contributed by atoms with Gasteiger partial charge < -0.3 is 5.32 Å². The van der Waals surface area contributed by atoms with E-state index in [0.29, 0.717) is 12.6 Å². The third-order valence-electron chi connectivity index (χ3n) is 2.53. The van der Waals surface area contributed by atoms with Gasteiger partial charge in [0.2, 0.25) is 5.91 Å². The number of hydrogen-bond donors (Lipinski definition) is 2. The molecule has 2 unspecified atom stereocenters. The molecule has 0 aliphatic carbocycles. The summed E-state index contributed by atoms with van der Waals surface area (Å²) in [5.74, 6) is -0.128. The Balaban J connectivity index is 2.46. The van der Waals surface area contributed by atoms with Crippen molar-refractivity contribution in [3.8, 4) is 0 Å². The molecule has 0 aromatic carbocycles. The lowest BCUT2D eigenvalue weighted by molar-refractivity contribution is -0.170. The van der Waals surface area contributed by atoms with Crippen molar-refractivity contribution in [3.05, 3.63) is 0 Å². The van der Waals surface area contributed by atoms with Gasteiger partial charge in [-0.05, 0) is 33.2 Å². The van der Waals surface area contributed by atoms with Gasteiger partial charge in [0.15, 0.2) is 0 Å². The zero-order chi connectivity index (χ0) is 9.84. The number of hydroxylamine groups is 2. The average Bonchev–Trinajstić information content (AvgIpc) is 2.15. The molecule has 2 N–H and O–H groups in total. The van der Waals surface area contributed by atoms with Crippen LogP contribution in [-0.2, 0) is 4.79 Å². The number of carbonyl (C=O) groups is 1. The third kappa shape index (κ3) is 2.67. The van der Waals surface area contributed by atoms with Gasteiger partial charge >= 0.3 is 0 Å². The third-order valence-corrected chi connectivity index (χ3v) is 2.53. The van der Waals surface area contributed by atoms with Gasteiger partial charge in [-0.25, -0.2) is 5.06 Å². The summed E-state index contributed by atoms with van der Waals surface area (Å²) in [4.78, 5) is 11.5. The van der Waals surface area contributed by atoms with E-state index in [4.69, 9.17) is 0 Å². The van der Waals surface area contributed by atoms with E-state index in [1.807, 2.05) is 0 Å². The van der Waals surface area contributed by atoms with Gasteiger partial charge in [-0.1, -0.05) is 0 Å². The molecule has 2 atom stereocenters. The fourth-order valence-corrected chi connectivity index (χ4v) is 1.72. The van der Waals surface area contributed by atoms with Crippen LogP contribution in [0.4, 0.5) is 0 Å². The van der Waals surface area contributed by atoms with Crippen molar-refractivity contribution < 1.29 is 10.0 Å². The van der Waals surface area contributed by atoms with Gasteiger partial charge in [0.05, 0.1) is 0 Å². The Bertz CT molecular complexity index is 184. The summed E-state index contributed by atoms with van der Waals surface area (Å²) in [6.45, 7) is 5.07. The monoisotopic (exact) mass is 186 g/mol. The highest BCUT2D eigenvalue weighted by Crippen LogP contribution is 2.17. The Morgan fingerprint density at radius 3 is 2.92 bits per heavy atom. The smallest absolute Gasteiger partial charge is 0.249 e. The van der Waals surface area contributed by atoms with E-state index >= 15 is 0 Å². The fourth-order valence-electron chi connectivity index (χ4n) is 1.72. The highest BCUT2D eigenvalue weighted by molar-refractivity contribution is 5.77. The topological polar surface area (TPSA) is 52.6 Å². The van der Waals surface area contributed by atoms with E-state index in [1.54, 1.807) is 6.92 Å². The average molecular weight is 186 g/mol. The first-order chi connectivity index (χ1) is 6.15. The van der Waals surface area contributed by atoms with Gasteiger partial charge in [0.1, 0.15) is 0 Å². The molecule has 1 amide bonds. The van der Waals surface area contributed by atoms with Crippen LogP contribution in [0.1, 0.15) is 26.7 Å². The Kier molecular flexibility index (Phi) is 3.69. The van der Waals surface area contributed by atoms with Crippen LogP contribution >= 0.6 is 0 Å². The highest BCUT2D eigenvalue weighted by atomic mass is 16.5. The largest absolute Gasteiger partial charge is 0.314 e. The molecule has 1 heterocycles. The van der Waals surface area contributed by atoms with E-state index in [0.717, 1.165) is 24.4 Å². The second-order valence-corrected chi connectivity index (χ2v) is 3.63. The quantitative estimate of drug-likeness (QED) is 0.491. The molecule has 13 heavy (non-hydrogen) atoms. The zero-order valence-corrected chi connectivity index (χ0v) is 8.29. The molecule has 1 saturated heterocycles. The van der Waals surface area contributed by atoms with Crippen molar-refractivity contribution in [2.45, 2.75) is 32.7 Å². The van der Waals surface area contributed by atoms with E-state index in [2.05, 4.69) is 12.2 Å². The van der Waals surface area contributed by atoms with Crippen molar-refractivity contribution in [1.29, 1.82) is 0 Å². The number of piperidine rings is 1. The van der Waals surface area contributed by atoms with Crippen molar-refractivity contribution >= 4 is 5.91 Å². The predicted molar refractivity (Wildman–Crippen MR) is 49.4 cm³/mol. The maximum Gasteiger partial charge on any atom is 0.249 e. The minimum atomic E-state index is -0.129. The lowest BCUT2D eigenvalue weighted by atomic mass is 9.92. The summed E-state index contributed by atoms with van der Waals surface area (Å²) >= 11 is 0. The molecule has 1 rings (SSSR count). The predicted octanol–water partition coefficient (Wildman–Crippen LogP) is 0.612. The Hall–Kier alpha value is -0.610. The molecule has 0 spiro atoms. The second-order valence-electron chi connectivity index (χ2n) is 3.63. The van der Waals surface area contributed by atoms with Crippen LogP contribution in [0.15, 0.2) is 0 Å². The second kappa shape index (κ2) is 4.58. The van der Waals surface area contributed by atoms with E-state index in [1.165, 1.54) is 0 Å². The highest BCUT2D eigenvalue weighted by Gasteiger charge is 2.27. The molecule has 76 valence electrons. The van der Waals surface area contributed by atoms with Gasteiger partial charge in [0.25, 0.3) is 0 Å². The molecule has 1 aliphatic heterocycles. The Labute approximate surface area is 78.9 Å². The van der Waals surface area contributed by atoms with E-state index < -0.39 is 0 Å². The fraction of sp³-hybridized carbons (Fsp3) is 0.889. The normalized spacial score (nSPS) is 28.5. The minimum Gasteiger partial charge on any atom is -0.314 e. The van der Waals surface area contributed by atoms with Crippen molar-refractivity contribution in [2.24, 2.45) is 5.92 Å².